The number of aromatic nitrogens is 3. The minimum Gasteiger partial charge on any atom is -0.378 e. The van der Waals surface area contributed by atoms with Gasteiger partial charge in [-0.25, -0.2) is 4.39 Å². The van der Waals surface area contributed by atoms with Gasteiger partial charge < -0.3 is 14.5 Å². The maximum atomic E-state index is 14.0. The quantitative estimate of drug-likeness (QED) is 0.639. The van der Waals surface area contributed by atoms with Gasteiger partial charge in [-0.3, -0.25) is 9.36 Å². The highest BCUT2D eigenvalue weighted by Crippen LogP contribution is 2.36. The molecule has 3 aliphatic rings. The molecule has 3 fully saturated rings. The van der Waals surface area contributed by atoms with Crippen molar-refractivity contribution in [2.45, 2.75) is 37.3 Å². The second kappa shape index (κ2) is 9.79. The smallest absolute Gasteiger partial charge is 0.233 e. The van der Waals surface area contributed by atoms with Crippen LogP contribution in [0.25, 0.3) is 5.69 Å². The van der Waals surface area contributed by atoms with Crippen molar-refractivity contribution in [3.05, 3.63) is 30.1 Å². The van der Waals surface area contributed by atoms with Crippen LogP contribution in [0.4, 0.5) is 10.3 Å². The molecule has 9 heteroatoms. The summed E-state index contributed by atoms with van der Waals surface area (Å²) in [5.41, 5.74) is 0.662. The minimum atomic E-state index is -0.313. The van der Waals surface area contributed by atoms with Crippen LogP contribution in [0.5, 0.6) is 0 Å². The number of carbonyl (C=O) groups is 1. The molecular weight excluding hydrogens is 429 g/mol. The second-order valence-corrected chi connectivity index (χ2v) is 9.86. The fourth-order valence-corrected chi connectivity index (χ4v) is 6.06. The fraction of sp³-hybridized carbons (Fsp3) is 0.609. The molecule has 2 aliphatic heterocycles. The van der Waals surface area contributed by atoms with Crippen molar-refractivity contribution >= 4 is 23.6 Å². The van der Waals surface area contributed by atoms with E-state index in [9.17, 15) is 9.18 Å². The fourth-order valence-electron chi connectivity index (χ4n) is 5.21. The van der Waals surface area contributed by atoms with Crippen molar-refractivity contribution in [1.82, 2.24) is 19.7 Å². The van der Waals surface area contributed by atoms with Crippen LogP contribution in [0.3, 0.4) is 0 Å². The molecule has 1 aromatic heterocycles. The lowest BCUT2D eigenvalue weighted by Gasteiger charge is -2.41. The van der Waals surface area contributed by atoms with Crippen molar-refractivity contribution < 1.29 is 13.9 Å². The van der Waals surface area contributed by atoms with Crippen LogP contribution in [-0.4, -0.2) is 70.7 Å². The lowest BCUT2D eigenvalue weighted by atomic mass is 9.75. The lowest BCUT2D eigenvalue weighted by molar-refractivity contribution is -0.131. The van der Waals surface area contributed by atoms with Gasteiger partial charge >= 0.3 is 0 Å². The minimum absolute atomic E-state index is 0.153. The molecule has 3 heterocycles. The van der Waals surface area contributed by atoms with E-state index in [4.69, 9.17) is 4.74 Å². The van der Waals surface area contributed by atoms with Gasteiger partial charge in [0.1, 0.15) is 5.82 Å². The maximum absolute atomic E-state index is 14.0. The van der Waals surface area contributed by atoms with E-state index in [1.807, 2.05) is 15.5 Å². The first-order chi connectivity index (χ1) is 15.7. The maximum Gasteiger partial charge on any atom is 0.233 e. The molecule has 2 unspecified atom stereocenters. The number of piperidine rings is 1. The van der Waals surface area contributed by atoms with E-state index in [1.54, 1.807) is 6.07 Å². The summed E-state index contributed by atoms with van der Waals surface area (Å²) >= 11 is 1.38. The lowest BCUT2D eigenvalue weighted by Crippen LogP contribution is -2.45. The summed E-state index contributed by atoms with van der Waals surface area (Å²) in [4.78, 5) is 17.1. The molecule has 1 aromatic carbocycles. The SMILES string of the molecule is O=C(CSc1nnc(N2CCOCC2)n1-c1cccc(F)c1)N1CCC2CCCCC2C1. The van der Waals surface area contributed by atoms with Crippen LogP contribution in [0.15, 0.2) is 29.4 Å². The van der Waals surface area contributed by atoms with Gasteiger partial charge in [0.25, 0.3) is 0 Å². The van der Waals surface area contributed by atoms with Gasteiger partial charge in [-0.05, 0) is 42.9 Å². The van der Waals surface area contributed by atoms with E-state index in [0.717, 1.165) is 25.4 Å². The highest BCUT2D eigenvalue weighted by atomic mass is 32.2. The van der Waals surface area contributed by atoms with Crippen molar-refractivity contribution in [3.8, 4) is 5.69 Å². The van der Waals surface area contributed by atoms with Gasteiger partial charge in [-0.1, -0.05) is 37.1 Å². The number of thioether (sulfide) groups is 1. The number of hydrogen-bond donors (Lipinski definition) is 0. The van der Waals surface area contributed by atoms with Gasteiger partial charge in [0.2, 0.25) is 11.9 Å². The number of likely N-dealkylation sites (tertiary alicyclic amines) is 1. The van der Waals surface area contributed by atoms with E-state index in [1.165, 1.54) is 49.6 Å². The zero-order chi connectivity index (χ0) is 21.9. The highest BCUT2D eigenvalue weighted by Gasteiger charge is 2.33. The predicted molar refractivity (Wildman–Crippen MR) is 122 cm³/mol. The Hall–Kier alpha value is -2.13. The number of ether oxygens (including phenoxy) is 1. The molecule has 2 aromatic rings. The van der Waals surface area contributed by atoms with E-state index in [0.29, 0.717) is 54.8 Å². The normalized spacial score (nSPS) is 23.8. The summed E-state index contributed by atoms with van der Waals surface area (Å²) in [6.07, 6.45) is 6.33. The number of nitrogens with zero attached hydrogens (tertiary/aromatic N) is 5. The number of fused-ring (bicyclic) bond motifs is 1. The zero-order valence-electron chi connectivity index (χ0n) is 18.3. The summed E-state index contributed by atoms with van der Waals surface area (Å²) in [6, 6.07) is 6.43. The molecule has 172 valence electrons. The Balaban J connectivity index is 1.32. The Labute approximate surface area is 192 Å². The van der Waals surface area contributed by atoms with Crippen LogP contribution >= 0.6 is 11.8 Å². The second-order valence-electron chi connectivity index (χ2n) is 8.92. The molecule has 7 nitrogen and oxygen atoms in total. The van der Waals surface area contributed by atoms with Crippen molar-refractivity contribution in [2.24, 2.45) is 11.8 Å². The Morgan fingerprint density at radius 1 is 1.09 bits per heavy atom. The van der Waals surface area contributed by atoms with Crippen LogP contribution in [0.2, 0.25) is 0 Å². The number of rotatable bonds is 5. The molecule has 1 aliphatic carbocycles. The topological polar surface area (TPSA) is 63.5 Å². The number of amides is 1. The van der Waals surface area contributed by atoms with Crippen molar-refractivity contribution in [2.75, 3.05) is 50.0 Å². The molecule has 1 saturated carbocycles. The molecule has 2 atom stereocenters. The van der Waals surface area contributed by atoms with Gasteiger partial charge in [-0.2, -0.15) is 0 Å². The zero-order valence-corrected chi connectivity index (χ0v) is 19.1. The van der Waals surface area contributed by atoms with Gasteiger partial charge in [-0.15, -0.1) is 10.2 Å². The first-order valence-electron chi connectivity index (χ1n) is 11.6. The Morgan fingerprint density at radius 3 is 2.72 bits per heavy atom. The van der Waals surface area contributed by atoms with E-state index in [-0.39, 0.29) is 11.7 Å². The first kappa shape index (κ1) is 21.7. The Kier molecular flexibility index (Phi) is 6.64. The molecule has 0 radical (unpaired) electrons. The molecule has 32 heavy (non-hydrogen) atoms. The third kappa shape index (κ3) is 4.64. The molecule has 2 saturated heterocycles. The average Bonchev–Trinajstić information content (AvgIpc) is 3.27. The number of morpholine rings is 1. The van der Waals surface area contributed by atoms with E-state index in [2.05, 4.69) is 15.1 Å². The number of hydrogen-bond acceptors (Lipinski definition) is 6. The first-order valence-corrected chi connectivity index (χ1v) is 12.6. The number of anilines is 1. The summed E-state index contributed by atoms with van der Waals surface area (Å²) < 4.78 is 21.3. The van der Waals surface area contributed by atoms with Gasteiger partial charge in [0.15, 0.2) is 5.16 Å². The van der Waals surface area contributed by atoms with Crippen molar-refractivity contribution in [1.29, 1.82) is 0 Å². The largest absolute Gasteiger partial charge is 0.378 e. The van der Waals surface area contributed by atoms with E-state index < -0.39 is 0 Å². The molecule has 5 rings (SSSR count). The monoisotopic (exact) mass is 459 g/mol. The molecule has 1 amide bonds. The van der Waals surface area contributed by atoms with Gasteiger partial charge in [0, 0.05) is 26.2 Å². The Morgan fingerprint density at radius 2 is 1.91 bits per heavy atom. The van der Waals surface area contributed by atoms with Crippen LogP contribution in [0.1, 0.15) is 32.1 Å². The standard InChI is InChI=1S/C23H30FN5O2S/c24-19-6-3-7-20(14-19)29-22(27-10-12-31-13-11-27)25-26-23(29)32-16-21(30)28-9-8-17-4-1-2-5-18(17)15-28/h3,6-7,14,17-18H,1-2,4-5,8-13,15-16H2. The molecular formula is C23H30FN5O2S. The summed E-state index contributed by atoms with van der Waals surface area (Å²) in [7, 11) is 0. The molecule has 0 bridgehead atoms. The molecule has 0 N–H and O–H groups in total. The number of benzene rings is 1. The molecule has 0 spiro atoms. The number of halogens is 1. The summed E-state index contributed by atoms with van der Waals surface area (Å²) in [5.74, 6) is 2.28. The van der Waals surface area contributed by atoms with Crippen molar-refractivity contribution in [3.63, 3.8) is 0 Å². The van der Waals surface area contributed by atoms with Gasteiger partial charge in [0.05, 0.1) is 24.7 Å². The van der Waals surface area contributed by atoms with E-state index >= 15 is 0 Å². The van der Waals surface area contributed by atoms with Crippen LogP contribution < -0.4 is 4.90 Å². The third-order valence-corrected chi connectivity index (χ3v) is 7.86. The number of carbonyl (C=O) groups excluding carboxylic acids is 1. The summed E-state index contributed by atoms with van der Waals surface area (Å²) in [5, 5.41) is 9.39. The highest BCUT2D eigenvalue weighted by molar-refractivity contribution is 7.99. The van der Waals surface area contributed by atoms with Crippen LogP contribution in [-0.2, 0) is 9.53 Å². The predicted octanol–water partition coefficient (Wildman–Crippen LogP) is 3.37. The summed E-state index contributed by atoms with van der Waals surface area (Å²) in [6.45, 7) is 4.39. The van der Waals surface area contributed by atoms with Crippen LogP contribution in [0, 0.1) is 17.7 Å². The Bertz CT molecular complexity index is 948. The average molecular weight is 460 g/mol. The third-order valence-electron chi connectivity index (χ3n) is 6.95.